The van der Waals surface area contributed by atoms with Crippen molar-refractivity contribution >= 4 is 5.97 Å². The molecule has 4 rings (SSSR count). The van der Waals surface area contributed by atoms with E-state index in [4.69, 9.17) is 18.9 Å². The van der Waals surface area contributed by atoms with Gasteiger partial charge in [-0.15, -0.1) is 0 Å². The molecule has 148 valence electrons. The number of pyridine rings is 1. The lowest BCUT2D eigenvalue weighted by Gasteiger charge is -2.38. The third-order valence-corrected chi connectivity index (χ3v) is 5.04. The van der Waals surface area contributed by atoms with Gasteiger partial charge in [-0.2, -0.15) is 0 Å². The Labute approximate surface area is 162 Å². The summed E-state index contributed by atoms with van der Waals surface area (Å²) in [4.78, 5) is 17.9. The van der Waals surface area contributed by atoms with Crippen LogP contribution in [0.25, 0.3) is 11.1 Å². The van der Waals surface area contributed by atoms with E-state index in [1.54, 1.807) is 19.4 Å². The van der Waals surface area contributed by atoms with Gasteiger partial charge in [0, 0.05) is 36.0 Å². The van der Waals surface area contributed by atoms with Crippen molar-refractivity contribution in [2.75, 3.05) is 27.1 Å². The Balaban J connectivity index is 1.69. The lowest BCUT2D eigenvalue weighted by atomic mass is 10.0. The molecule has 0 unspecified atom stereocenters. The van der Waals surface area contributed by atoms with Crippen LogP contribution in [-0.2, 0) is 16.1 Å². The molecule has 1 aromatic carbocycles. The summed E-state index contributed by atoms with van der Waals surface area (Å²) in [7, 11) is 1.57. The molecule has 0 saturated carbocycles. The highest BCUT2D eigenvalue weighted by molar-refractivity contribution is 5.75. The number of methoxy groups -OCH3 is 1. The summed E-state index contributed by atoms with van der Waals surface area (Å²) in [5, 5.41) is 9.55. The van der Waals surface area contributed by atoms with Gasteiger partial charge in [0.05, 0.1) is 20.3 Å². The van der Waals surface area contributed by atoms with E-state index >= 15 is 0 Å². The van der Waals surface area contributed by atoms with E-state index in [2.05, 4.69) is 4.98 Å². The van der Waals surface area contributed by atoms with E-state index < -0.39 is 12.0 Å². The molecule has 2 aliphatic heterocycles. The fourth-order valence-electron chi connectivity index (χ4n) is 3.57. The standard InChI is InChI=1S/C20H22N2O6/c1-12-9-26-10-16(20(23)24)22(12)8-13-5-15(19-17(6-13)27-11-28-19)14-3-4-18(25-2)21-7-14/h3-7,12,16H,8-11H2,1-2H3,(H,23,24)/t12-,16-/m0/s1. The second-order valence-electron chi connectivity index (χ2n) is 6.88. The zero-order chi connectivity index (χ0) is 19.7. The number of carboxylic acids is 1. The number of rotatable bonds is 5. The first-order valence-electron chi connectivity index (χ1n) is 9.06. The van der Waals surface area contributed by atoms with Crippen molar-refractivity contribution in [1.82, 2.24) is 9.88 Å². The number of aliphatic carboxylic acids is 1. The topological polar surface area (TPSA) is 90.4 Å². The Bertz CT molecular complexity index is 870. The van der Waals surface area contributed by atoms with Gasteiger partial charge < -0.3 is 24.1 Å². The number of ether oxygens (including phenoxy) is 4. The zero-order valence-electron chi connectivity index (χ0n) is 15.8. The van der Waals surface area contributed by atoms with E-state index in [-0.39, 0.29) is 19.4 Å². The number of benzene rings is 1. The van der Waals surface area contributed by atoms with Gasteiger partial charge in [0.2, 0.25) is 12.7 Å². The second-order valence-corrected chi connectivity index (χ2v) is 6.88. The minimum Gasteiger partial charge on any atom is -0.481 e. The van der Waals surface area contributed by atoms with Gasteiger partial charge in [-0.25, -0.2) is 4.98 Å². The molecule has 0 radical (unpaired) electrons. The molecule has 2 aliphatic rings. The molecular weight excluding hydrogens is 364 g/mol. The average Bonchev–Trinajstić information content (AvgIpc) is 3.17. The number of morpholine rings is 1. The number of carbonyl (C=O) groups is 1. The third kappa shape index (κ3) is 3.48. The molecule has 0 spiro atoms. The van der Waals surface area contributed by atoms with Crippen molar-refractivity contribution in [2.24, 2.45) is 0 Å². The van der Waals surface area contributed by atoms with Gasteiger partial charge in [0.15, 0.2) is 11.5 Å². The SMILES string of the molecule is COc1ccc(-c2cc(CN3[C@@H](C)COC[C@H]3C(=O)O)cc3c2OCO3)cn1. The first kappa shape index (κ1) is 18.5. The number of nitrogens with zero attached hydrogens (tertiary/aromatic N) is 2. The lowest BCUT2D eigenvalue weighted by molar-refractivity contribution is -0.153. The minimum absolute atomic E-state index is 0.00799. The van der Waals surface area contributed by atoms with Crippen LogP contribution in [0.4, 0.5) is 0 Å². The van der Waals surface area contributed by atoms with Crippen molar-refractivity contribution in [3.63, 3.8) is 0 Å². The predicted molar refractivity (Wildman–Crippen MR) is 99.6 cm³/mol. The Morgan fingerprint density at radius 3 is 2.89 bits per heavy atom. The van der Waals surface area contributed by atoms with Gasteiger partial charge in [0.1, 0.15) is 6.04 Å². The Kier molecular flexibility index (Phi) is 5.06. The molecule has 8 heteroatoms. The highest BCUT2D eigenvalue weighted by Gasteiger charge is 2.34. The van der Waals surface area contributed by atoms with Crippen molar-refractivity contribution in [3.8, 4) is 28.5 Å². The molecule has 8 nitrogen and oxygen atoms in total. The first-order chi connectivity index (χ1) is 13.6. The average molecular weight is 386 g/mol. The van der Waals surface area contributed by atoms with Crippen LogP contribution in [0.15, 0.2) is 30.5 Å². The summed E-state index contributed by atoms with van der Waals surface area (Å²) < 4.78 is 21.8. The van der Waals surface area contributed by atoms with Crippen molar-refractivity contribution in [1.29, 1.82) is 0 Å². The fraction of sp³-hybridized carbons (Fsp3) is 0.400. The summed E-state index contributed by atoms with van der Waals surface area (Å²) in [5.74, 6) is 0.962. The first-order valence-corrected chi connectivity index (χ1v) is 9.06. The van der Waals surface area contributed by atoms with Crippen LogP contribution in [0.1, 0.15) is 12.5 Å². The Morgan fingerprint density at radius 1 is 1.32 bits per heavy atom. The zero-order valence-corrected chi connectivity index (χ0v) is 15.8. The van der Waals surface area contributed by atoms with Crippen molar-refractivity contribution in [2.45, 2.75) is 25.6 Å². The van der Waals surface area contributed by atoms with Crippen LogP contribution in [0.2, 0.25) is 0 Å². The predicted octanol–water partition coefficient (Wildman–Crippen LogP) is 2.16. The monoisotopic (exact) mass is 386 g/mol. The molecule has 1 aromatic heterocycles. The number of hydrogen-bond donors (Lipinski definition) is 1. The summed E-state index contributed by atoms with van der Waals surface area (Å²) in [5.41, 5.74) is 2.66. The Morgan fingerprint density at radius 2 is 2.18 bits per heavy atom. The maximum absolute atomic E-state index is 11.7. The second kappa shape index (κ2) is 7.65. The molecule has 2 aromatic rings. The molecule has 1 saturated heterocycles. The highest BCUT2D eigenvalue weighted by atomic mass is 16.7. The van der Waals surface area contributed by atoms with Gasteiger partial charge in [-0.3, -0.25) is 9.69 Å². The molecule has 28 heavy (non-hydrogen) atoms. The normalized spacial score (nSPS) is 21.5. The summed E-state index contributed by atoms with van der Waals surface area (Å²) in [6, 6.07) is 6.91. The number of hydrogen-bond acceptors (Lipinski definition) is 7. The summed E-state index contributed by atoms with van der Waals surface area (Å²) in [6.07, 6.45) is 1.72. The van der Waals surface area contributed by atoms with Gasteiger partial charge in [-0.1, -0.05) is 0 Å². The van der Waals surface area contributed by atoms with Gasteiger partial charge >= 0.3 is 5.97 Å². The minimum atomic E-state index is -0.883. The molecule has 1 fully saturated rings. The number of carboxylic acid groups (broad SMARTS) is 1. The van der Waals surface area contributed by atoms with Crippen molar-refractivity contribution < 1.29 is 28.8 Å². The molecule has 0 amide bonds. The quantitative estimate of drug-likeness (QED) is 0.836. The van der Waals surface area contributed by atoms with E-state index in [0.29, 0.717) is 30.5 Å². The third-order valence-electron chi connectivity index (χ3n) is 5.04. The van der Waals surface area contributed by atoms with Crippen LogP contribution in [0.5, 0.6) is 17.4 Å². The van der Waals surface area contributed by atoms with E-state index in [1.165, 1.54) is 0 Å². The maximum atomic E-state index is 11.7. The fourth-order valence-corrected chi connectivity index (χ4v) is 3.57. The molecule has 0 aliphatic carbocycles. The summed E-state index contributed by atoms with van der Waals surface area (Å²) >= 11 is 0. The highest BCUT2D eigenvalue weighted by Crippen LogP contribution is 2.43. The molecule has 2 atom stereocenters. The van der Waals surface area contributed by atoms with E-state index in [0.717, 1.165) is 16.7 Å². The molecule has 0 bridgehead atoms. The summed E-state index contributed by atoms with van der Waals surface area (Å²) in [6.45, 7) is 3.27. The largest absolute Gasteiger partial charge is 0.481 e. The molecule has 1 N–H and O–H groups in total. The lowest BCUT2D eigenvalue weighted by Crippen LogP contribution is -2.53. The number of aromatic nitrogens is 1. The van der Waals surface area contributed by atoms with Gasteiger partial charge in [-0.05, 0) is 30.7 Å². The maximum Gasteiger partial charge on any atom is 0.323 e. The van der Waals surface area contributed by atoms with Crippen LogP contribution in [-0.4, -0.2) is 60.2 Å². The smallest absolute Gasteiger partial charge is 0.323 e. The van der Waals surface area contributed by atoms with Gasteiger partial charge in [0.25, 0.3) is 0 Å². The van der Waals surface area contributed by atoms with Crippen LogP contribution < -0.4 is 14.2 Å². The van der Waals surface area contributed by atoms with E-state index in [9.17, 15) is 9.90 Å². The Hall–Kier alpha value is -2.84. The van der Waals surface area contributed by atoms with E-state index in [1.807, 2.05) is 30.0 Å². The van der Waals surface area contributed by atoms with Crippen LogP contribution >= 0.6 is 0 Å². The van der Waals surface area contributed by atoms with Crippen molar-refractivity contribution in [3.05, 3.63) is 36.0 Å². The molecule has 3 heterocycles. The van der Waals surface area contributed by atoms with Crippen LogP contribution in [0, 0.1) is 0 Å². The molecular formula is C20H22N2O6. The number of fused-ring (bicyclic) bond motifs is 1. The van der Waals surface area contributed by atoms with Crippen LogP contribution in [0.3, 0.4) is 0 Å².